The van der Waals surface area contributed by atoms with Crippen molar-refractivity contribution >= 4 is 62.3 Å². The van der Waals surface area contributed by atoms with Gasteiger partial charge in [-0.05, 0) is 73.5 Å². The molecule has 4 rings (SSSR count). The summed E-state index contributed by atoms with van der Waals surface area (Å²) in [4.78, 5) is 29.5. The number of anilines is 1. The predicted octanol–water partition coefficient (Wildman–Crippen LogP) is 7.02. The Morgan fingerprint density at radius 1 is 0.848 bits per heavy atom. The summed E-state index contributed by atoms with van der Waals surface area (Å²) >= 11 is 18.8. The van der Waals surface area contributed by atoms with Crippen LogP contribution in [-0.2, 0) is 32.6 Å². The molecule has 0 aliphatic carbocycles. The fraction of sp³-hybridized carbons (Fsp3) is 0.235. The second-order valence-electron chi connectivity index (χ2n) is 10.2. The molecule has 8 nitrogen and oxygen atoms in total. The normalized spacial score (nSPS) is 11.8. The first-order valence-electron chi connectivity index (χ1n) is 14.6. The maximum atomic E-state index is 14.6. The number of hydrogen-bond acceptors (Lipinski definition) is 5. The van der Waals surface area contributed by atoms with E-state index in [1.54, 1.807) is 56.3 Å². The van der Waals surface area contributed by atoms with Crippen molar-refractivity contribution in [2.75, 3.05) is 24.0 Å². The number of carbonyl (C=O) groups excluding carboxylic acids is 2. The zero-order valence-electron chi connectivity index (χ0n) is 25.3. The van der Waals surface area contributed by atoms with E-state index in [0.717, 1.165) is 9.87 Å². The van der Waals surface area contributed by atoms with Gasteiger partial charge >= 0.3 is 0 Å². The fourth-order valence-corrected chi connectivity index (χ4v) is 6.89. The third-order valence-electron chi connectivity index (χ3n) is 7.09. The third kappa shape index (κ3) is 8.73. The number of rotatable bonds is 14. The molecule has 0 heterocycles. The van der Waals surface area contributed by atoms with Gasteiger partial charge in [0, 0.05) is 34.6 Å². The number of sulfonamides is 1. The zero-order chi connectivity index (χ0) is 33.3. The van der Waals surface area contributed by atoms with Gasteiger partial charge in [-0.2, -0.15) is 0 Å². The molecule has 1 atom stereocenters. The van der Waals surface area contributed by atoms with Crippen LogP contribution in [0.25, 0.3) is 0 Å². The molecule has 0 aromatic heterocycles. The van der Waals surface area contributed by atoms with E-state index in [1.807, 2.05) is 30.3 Å². The van der Waals surface area contributed by atoms with Crippen molar-refractivity contribution in [2.24, 2.45) is 0 Å². The largest absolute Gasteiger partial charge is 0.492 e. The number of para-hydroxylation sites is 2. The van der Waals surface area contributed by atoms with E-state index in [4.69, 9.17) is 39.5 Å². The van der Waals surface area contributed by atoms with Gasteiger partial charge in [0.05, 0.1) is 17.2 Å². The van der Waals surface area contributed by atoms with Crippen LogP contribution in [0.4, 0.5) is 5.69 Å². The molecule has 0 radical (unpaired) electrons. The Hall–Kier alpha value is -3.76. The summed E-state index contributed by atoms with van der Waals surface area (Å²) in [6, 6.07) is 25.4. The van der Waals surface area contributed by atoms with Crippen molar-refractivity contribution < 1.29 is 22.7 Å². The van der Waals surface area contributed by atoms with Crippen molar-refractivity contribution in [3.05, 3.63) is 123 Å². The SMILES string of the molecule is CCNC(=O)[C@H](Cc1ccccc1)N(Cc1ccc(Cl)cc1Cl)C(=O)CN(c1ccccc1OCC)S(=O)(=O)c1ccc(Cl)cc1. The van der Waals surface area contributed by atoms with E-state index in [9.17, 15) is 18.0 Å². The van der Waals surface area contributed by atoms with Crippen LogP contribution in [0, 0.1) is 0 Å². The van der Waals surface area contributed by atoms with Gasteiger partial charge in [-0.3, -0.25) is 13.9 Å². The Labute approximate surface area is 284 Å². The van der Waals surface area contributed by atoms with Crippen molar-refractivity contribution in [1.82, 2.24) is 10.2 Å². The van der Waals surface area contributed by atoms with Crippen LogP contribution in [0.15, 0.2) is 102 Å². The number of carbonyl (C=O) groups is 2. The molecule has 0 aliphatic rings. The molecule has 4 aromatic rings. The molecule has 12 heteroatoms. The Balaban J connectivity index is 1.85. The average molecular weight is 703 g/mol. The van der Waals surface area contributed by atoms with Crippen LogP contribution in [0.3, 0.4) is 0 Å². The highest BCUT2D eigenvalue weighted by Crippen LogP contribution is 2.33. The maximum absolute atomic E-state index is 14.6. The van der Waals surface area contributed by atoms with E-state index in [0.29, 0.717) is 27.2 Å². The van der Waals surface area contributed by atoms with Gasteiger partial charge in [-0.15, -0.1) is 0 Å². The van der Waals surface area contributed by atoms with Crippen molar-refractivity contribution in [1.29, 1.82) is 0 Å². The molecule has 0 saturated carbocycles. The average Bonchev–Trinajstić information content (AvgIpc) is 3.03. The maximum Gasteiger partial charge on any atom is 0.264 e. The standard InChI is InChI=1S/C34H34Cl3N3O5S/c1-3-38-34(42)31(20-24-10-6-5-7-11-24)39(22-25-14-15-27(36)21-29(25)37)33(41)23-40(30-12-8-9-13-32(30)45-4-2)46(43,44)28-18-16-26(35)17-19-28/h5-19,21,31H,3-4,20,22-23H2,1-2H3,(H,38,42)/t31-/m0/s1. The summed E-state index contributed by atoms with van der Waals surface area (Å²) in [6.07, 6.45) is 0.170. The molecule has 1 N–H and O–H groups in total. The van der Waals surface area contributed by atoms with Gasteiger partial charge in [0.1, 0.15) is 18.3 Å². The number of nitrogens with zero attached hydrogens (tertiary/aromatic N) is 2. The third-order valence-corrected chi connectivity index (χ3v) is 9.71. The number of hydrogen-bond donors (Lipinski definition) is 1. The zero-order valence-corrected chi connectivity index (χ0v) is 28.4. The molecule has 46 heavy (non-hydrogen) atoms. The summed E-state index contributed by atoms with van der Waals surface area (Å²) < 4.78 is 35.3. The smallest absolute Gasteiger partial charge is 0.264 e. The Morgan fingerprint density at radius 3 is 2.15 bits per heavy atom. The number of likely N-dealkylation sites (N-methyl/N-ethyl adjacent to an activating group) is 1. The van der Waals surface area contributed by atoms with Crippen LogP contribution in [0.2, 0.25) is 15.1 Å². The highest BCUT2D eigenvalue weighted by molar-refractivity contribution is 7.92. The molecule has 4 aromatic carbocycles. The molecule has 0 aliphatic heterocycles. The van der Waals surface area contributed by atoms with Crippen LogP contribution >= 0.6 is 34.8 Å². The molecule has 0 fully saturated rings. The van der Waals surface area contributed by atoms with Gasteiger partial charge in [0.25, 0.3) is 10.0 Å². The Morgan fingerprint density at radius 2 is 1.50 bits per heavy atom. The van der Waals surface area contributed by atoms with E-state index >= 15 is 0 Å². The highest BCUT2D eigenvalue weighted by atomic mass is 35.5. The van der Waals surface area contributed by atoms with E-state index < -0.39 is 34.4 Å². The lowest BCUT2D eigenvalue weighted by atomic mass is 10.0. The Bertz CT molecular complexity index is 1760. The lowest BCUT2D eigenvalue weighted by Crippen LogP contribution is -2.53. The summed E-state index contributed by atoms with van der Waals surface area (Å²) in [5.41, 5.74) is 1.50. The predicted molar refractivity (Wildman–Crippen MR) is 183 cm³/mol. The quantitative estimate of drug-likeness (QED) is 0.153. The van der Waals surface area contributed by atoms with Crippen molar-refractivity contribution in [3.63, 3.8) is 0 Å². The number of nitrogens with one attached hydrogen (secondary N) is 1. The van der Waals surface area contributed by atoms with Crippen LogP contribution < -0.4 is 14.4 Å². The molecule has 0 saturated heterocycles. The van der Waals surface area contributed by atoms with Crippen LogP contribution in [-0.4, -0.2) is 50.9 Å². The molecule has 2 amide bonds. The lowest BCUT2D eigenvalue weighted by Gasteiger charge is -2.34. The van der Waals surface area contributed by atoms with Gasteiger partial charge < -0.3 is 15.0 Å². The van der Waals surface area contributed by atoms with Crippen LogP contribution in [0.5, 0.6) is 5.75 Å². The monoisotopic (exact) mass is 701 g/mol. The minimum absolute atomic E-state index is 0.0761. The first-order chi connectivity index (χ1) is 22.0. The minimum Gasteiger partial charge on any atom is -0.492 e. The van der Waals surface area contributed by atoms with E-state index in [-0.39, 0.29) is 35.9 Å². The topological polar surface area (TPSA) is 96.0 Å². The van der Waals surface area contributed by atoms with Crippen LogP contribution in [0.1, 0.15) is 25.0 Å². The summed E-state index contributed by atoms with van der Waals surface area (Å²) in [5, 5.41) is 3.89. The van der Waals surface area contributed by atoms with E-state index in [2.05, 4.69) is 5.32 Å². The van der Waals surface area contributed by atoms with E-state index in [1.165, 1.54) is 29.2 Å². The van der Waals surface area contributed by atoms with Crippen molar-refractivity contribution in [3.8, 4) is 5.75 Å². The summed E-state index contributed by atoms with van der Waals surface area (Å²) in [6.45, 7) is 3.41. The molecular formula is C34H34Cl3N3O5S. The minimum atomic E-state index is -4.34. The fourth-order valence-electron chi connectivity index (χ4n) is 4.87. The lowest BCUT2D eigenvalue weighted by molar-refractivity contribution is -0.140. The Kier molecular flexibility index (Phi) is 12.3. The van der Waals surface area contributed by atoms with Gasteiger partial charge in [-0.1, -0.05) is 83.3 Å². The number of ether oxygens (including phenoxy) is 1. The first kappa shape index (κ1) is 35.1. The van der Waals surface area contributed by atoms with Gasteiger partial charge in [0.15, 0.2) is 0 Å². The second-order valence-corrected chi connectivity index (χ2v) is 13.4. The molecule has 0 unspecified atom stereocenters. The summed E-state index contributed by atoms with van der Waals surface area (Å²) in [5.74, 6) is -0.763. The molecular weight excluding hydrogens is 669 g/mol. The molecule has 242 valence electrons. The first-order valence-corrected chi connectivity index (χ1v) is 17.2. The number of benzene rings is 4. The second kappa shape index (κ2) is 16.2. The number of amides is 2. The highest BCUT2D eigenvalue weighted by Gasteiger charge is 2.35. The summed E-state index contributed by atoms with van der Waals surface area (Å²) in [7, 11) is -4.34. The molecule has 0 bridgehead atoms. The van der Waals surface area contributed by atoms with Gasteiger partial charge in [0.2, 0.25) is 11.8 Å². The van der Waals surface area contributed by atoms with Gasteiger partial charge in [-0.25, -0.2) is 8.42 Å². The van der Waals surface area contributed by atoms with Crippen molar-refractivity contribution in [2.45, 2.75) is 37.8 Å². The number of halogens is 3. The molecule has 0 spiro atoms.